The van der Waals surface area contributed by atoms with Crippen LogP contribution in [0.25, 0.3) is 66.0 Å². The van der Waals surface area contributed by atoms with Crippen LogP contribution in [0.1, 0.15) is 0 Å². The molecule has 7 aromatic carbocycles. The second kappa shape index (κ2) is 10.9. The van der Waals surface area contributed by atoms with E-state index in [1.54, 1.807) is 0 Å². The van der Waals surface area contributed by atoms with Gasteiger partial charge < -0.3 is 8.98 Å². The Hall–Kier alpha value is -5.76. The maximum Gasteiger partial charge on any atom is 0.171 e. The van der Waals surface area contributed by atoms with E-state index in [2.05, 4.69) is 84.9 Å². The van der Waals surface area contributed by atoms with Crippen LogP contribution in [-0.4, -0.2) is 4.98 Å². The van der Waals surface area contributed by atoms with Crippen LogP contribution in [0.2, 0.25) is 0 Å². The fourth-order valence-electron chi connectivity index (χ4n) is 6.81. The number of benzene rings is 7. The Balaban J connectivity index is 1.15. The molecule has 0 bridgehead atoms. The molecular weight excluding hydrogens is 593 g/mol. The van der Waals surface area contributed by atoms with Crippen molar-refractivity contribution in [1.29, 1.82) is 0 Å². The predicted molar refractivity (Wildman–Crippen MR) is 197 cm³/mol. The van der Waals surface area contributed by atoms with Gasteiger partial charge in [-0.1, -0.05) is 140 Å². The normalized spacial score (nSPS) is 11.9. The molecule has 0 radical (unpaired) electrons. The van der Waals surface area contributed by atoms with E-state index in [4.69, 9.17) is 9.40 Å². The molecule has 0 fully saturated rings. The summed E-state index contributed by atoms with van der Waals surface area (Å²) in [6, 6.07) is 57.3. The van der Waals surface area contributed by atoms with E-state index in [-0.39, 0.29) is 0 Å². The highest BCUT2D eigenvalue weighted by molar-refractivity contribution is 7.85. The monoisotopic (exact) mass is 621 g/mol. The molecule has 4 heteroatoms. The van der Waals surface area contributed by atoms with Gasteiger partial charge in [-0.15, -0.1) is 0 Å². The molecule has 222 valence electrons. The minimum absolute atomic E-state index is 0.800. The molecule has 0 saturated heterocycles. The number of para-hydroxylation sites is 2. The van der Waals surface area contributed by atoms with E-state index in [9.17, 15) is 4.57 Å². The number of furan rings is 1. The zero-order valence-corrected chi connectivity index (χ0v) is 26.3. The Morgan fingerprint density at radius 1 is 0.468 bits per heavy atom. The number of aromatic nitrogens is 1. The number of hydrogen-bond acceptors (Lipinski definition) is 3. The van der Waals surface area contributed by atoms with E-state index in [0.29, 0.717) is 0 Å². The average Bonchev–Trinajstić information content (AvgIpc) is 3.54. The second-order valence-electron chi connectivity index (χ2n) is 11.9. The lowest BCUT2D eigenvalue weighted by molar-refractivity contribution is 0.592. The summed E-state index contributed by atoms with van der Waals surface area (Å²) >= 11 is 0. The SMILES string of the molecule is O=P(c1ccccc1)(c1ccccc1)c1ccc2cc(-c3cccc(-c4nc5ccccc5c5c4oc4ccccc45)c3)ccc2c1. The first-order chi connectivity index (χ1) is 23.2. The van der Waals surface area contributed by atoms with Crippen LogP contribution < -0.4 is 15.9 Å². The molecule has 0 amide bonds. The molecule has 0 aliphatic carbocycles. The first kappa shape index (κ1) is 27.5. The smallest absolute Gasteiger partial charge is 0.171 e. The van der Waals surface area contributed by atoms with Gasteiger partial charge in [-0.2, -0.15) is 0 Å². The van der Waals surface area contributed by atoms with Gasteiger partial charge in [0.25, 0.3) is 0 Å². The van der Waals surface area contributed by atoms with Crippen LogP contribution in [0.5, 0.6) is 0 Å². The van der Waals surface area contributed by atoms with Crippen molar-refractivity contribution in [2.24, 2.45) is 0 Å². The molecular formula is C43H28NO2P. The van der Waals surface area contributed by atoms with Crippen molar-refractivity contribution in [3.8, 4) is 22.4 Å². The van der Waals surface area contributed by atoms with Gasteiger partial charge in [0.2, 0.25) is 0 Å². The van der Waals surface area contributed by atoms with Crippen LogP contribution in [0.4, 0.5) is 0 Å². The summed E-state index contributed by atoms with van der Waals surface area (Å²) in [5.74, 6) is 0. The molecule has 0 spiro atoms. The van der Waals surface area contributed by atoms with E-state index < -0.39 is 7.14 Å². The molecule has 47 heavy (non-hydrogen) atoms. The minimum atomic E-state index is -3.06. The Labute approximate surface area is 272 Å². The number of hydrogen-bond donors (Lipinski definition) is 0. The summed E-state index contributed by atoms with van der Waals surface area (Å²) in [6.07, 6.45) is 0. The van der Waals surface area contributed by atoms with Gasteiger partial charge in [-0.25, -0.2) is 4.98 Å². The Morgan fingerprint density at radius 2 is 1.09 bits per heavy atom. The van der Waals surface area contributed by atoms with Crippen LogP contribution in [0.3, 0.4) is 0 Å². The summed E-state index contributed by atoms with van der Waals surface area (Å²) in [5, 5.41) is 7.91. The van der Waals surface area contributed by atoms with Crippen molar-refractivity contribution in [1.82, 2.24) is 4.98 Å². The quantitative estimate of drug-likeness (QED) is 0.180. The molecule has 9 rings (SSSR count). The Morgan fingerprint density at radius 3 is 1.87 bits per heavy atom. The van der Waals surface area contributed by atoms with Gasteiger partial charge >= 0.3 is 0 Å². The zero-order valence-electron chi connectivity index (χ0n) is 25.4. The summed E-state index contributed by atoms with van der Waals surface area (Å²) in [4.78, 5) is 5.12. The number of fused-ring (bicyclic) bond motifs is 6. The van der Waals surface area contributed by atoms with Gasteiger partial charge in [0, 0.05) is 37.6 Å². The summed E-state index contributed by atoms with van der Waals surface area (Å²) in [5.41, 5.74) is 6.62. The maximum atomic E-state index is 14.9. The van der Waals surface area contributed by atoms with Crippen molar-refractivity contribution in [3.63, 3.8) is 0 Å². The van der Waals surface area contributed by atoms with Crippen molar-refractivity contribution in [2.45, 2.75) is 0 Å². The molecule has 0 aliphatic rings. The van der Waals surface area contributed by atoms with E-state index in [0.717, 1.165) is 81.9 Å². The topological polar surface area (TPSA) is 43.1 Å². The van der Waals surface area contributed by atoms with Crippen molar-refractivity contribution in [3.05, 3.63) is 170 Å². The third kappa shape index (κ3) is 4.51. The summed E-state index contributed by atoms with van der Waals surface area (Å²) < 4.78 is 21.4. The maximum absolute atomic E-state index is 14.9. The largest absolute Gasteiger partial charge is 0.454 e. The molecule has 2 heterocycles. The highest BCUT2D eigenvalue weighted by Gasteiger charge is 2.29. The van der Waals surface area contributed by atoms with Crippen LogP contribution in [0, 0.1) is 0 Å². The van der Waals surface area contributed by atoms with E-state index >= 15 is 0 Å². The lowest BCUT2D eigenvalue weighted by atomic mass is 9.97. The third-order valence-corrected chi connectivity index (χ3v) is 12.2. The molecule has 0 saturated carbocycles. The van der Waals surface area contributed by atoms with Crippen molar-refractivity contribution < 1.29 is 8.98 Å². The first-order valence-corrected chi connectivity index (χ1v) is 17.4. The van der Waals surface area contributed by atoms with Gasteiger partial charge in [-0.3, -0.25) is 0 Å². The lowest BCUT2D eigenvalue weighted by Gasteiger charge is -2.20. The van der Waals surface area contributed by atoms with Crippen LogP contribution in [0.15, 0.2) is 174 Å². The molecule has 0 N–H and O–H groups in total. The van der Waals surface area contributed by atoms with Gasteiger partial charge in [0.05, 0.1) is 5.52 Å². The molecule has 0 aliphatic heterocycles. The van der Waals surface area contributed by atoms with E-state index in [1.807, 2.05) is 84.9 Å². The lowest BCUT2D eigenvalue weighted by Crippen LogP contribution is -2.24. The van der Waals surface area contributed by atoms with Crippen LogP contribution >= 0.6 is 7.14 Å². The van der Waals surface area contributed by atoms with Crippen molar-refractivity contribution in [2.75, 3.05) is 0 Å². The second-order valence-corrected chi connectivity index (χ2v) is 14.7. The first-order valence-electron chi connectivity index (χ1n) is 15.7. The molecule has 2 aromatic heterocycles. The average molecular weight is 622 g/mol. The zero-order chi connectivity index (χ0) is 31.4. The fraction of sp³-hybridized carbons (Fsp3) is 0. The van der Waals surface area contributed by atoms with Gasteiger partial charge in [-0.05, 0) is 52.2 Å². The van der Waals surface area contributed by atoms with Gasteiger partial charge in [0.1, 0.15) is 11.3 Å². The van der Waals surface area contributed by atoms with Crippen molar-refractivity contribution >= 4 is 66.7 Å². The third-order valence-electron chi connectivity index (χ3n) is 9.11. The number of pyridine rings is 1. The highest BCUT2D eigenvalue weighted by atomic mass is 31.2. The molecule has 9 aromatic rings. The molecule has 0 unspecified atom stereocenters. The highest BCUT2D eigenvalue weighted by Crippen LogP contribution is 2.43. The molecule has 0 atom stereocenters. The van der Waals surface area contributed by atoms with E-state index in [1.165, 1.54) is 0 Å². The minimum Gasteiger partial charge on any atom is -0.454 e. The molecule has 3 nitrogen and oxygen atoms in total. The van der Waals surface area contributed by atoms with Gasteiger partial charge in [0.15, 0.2) is 12.7 Å². The Kier molecular flexibility index (Phi) is 6.41. The Bertz CT molecular complexity index is 2620. The number of nitrogens with zero attached hydrogens (tertiary/aromatic N) is 1. The number of rotatable bonds is 5. The van der Waals surface area contributed by atoms with Crippen LogP contribution in [-0.2, 0) is 4.57 Å². The fourth-order valence-corrected chi connectivity index (χ4v) is 9.49. The summed E-state index contributed by atoms with van der Waals surface area (Å²) in [7, 11) is -3.06. The predicted octanol–water partition coefficient (Wildman–Crippen LogP) is 10.3. The standard InChI is InChI=1S/C43H28NO2P/c45-47(34-14-3-1-4-15-34,35-16-5-2-6-17-35)36-25-24-31-26-30(22-23-32(31)28-36)29-12-11-13-33(27-29)42-43-41(37-18-7-9-20-39(37)44-42)38-19-8-10-21-40(38)46-43/h1-28H. The summed E-state index contributed by atoms with van der Waals surface area (Å²) in [6.45, 7) is 0.